The number of benzene rings is 2. The Balaban J connectivity index is 2.07. The molecule has 2 rings (SSSR count). The van der Waals surface area contributed by atoms with Gasteiger partial charge in [0.05, 0.1) is 6.61 Å². The average molecular weight is 277 g/mol. The normalized spacial score (nSPS) is 10.3. The van der Waals surface area contributed by atoms with Crippen molar-refractivity contribution >= 4 is 5.69 Å². The highest BCUT2D eigenvalue weighted by Gasteiger charge is 2.07. The second kappa shape index (κ2) is 6.14. The Morgan fingerprint density at radius 2 is 2.00 bits per heavy atom. The molecule has 0 aromatic heterocycles. The van der Waals surface area contributed by atoms with E-state index in [9.17, 15) is 14.6 Å². The van der Waals surface area contributed by atoms with Gasteiger partial charge in [-0.25, -0.2) is 4.39 Å². The third-order valence-electron chi connectivity index (χ3n) is 2.81. The van der Waals surface area contributed by atoms with E-state index < -0.39 is 5.82 Å². The summed E-state index contributed by atoms with van der Waals surface area (Å²) in [5, 5.41) is 22.0. The second-order valence-electron chi connectivity index (χ2n) is 4.22. The van der Waals surface area contributed by atoms with Crippen molar-refractivity contribution in [1.29, 1.82) is 0 Å². The topological polar surface area (TPSA) is 61.7 Å². The quantitative estimate of drug-likeness (QED) is 0.734. The minimum absolute atomic E-state index is 0.175. The number of hydrogen-bond donors (Lipinski definition) is 3. The molecule has 0 saturated heterocycles. The number of ether oxygens (including phenoxy) is 1. The van der Waals surface area contributed by atoms with Gasteiger partial charge in [0, 0.05) is 23.9 Å². The molecule has 0 saturated carbocycles. The summed E-state index contributed by atoms with van der Waals surface area (Å²) < 4.78 is 18.8. The molecule has 20 heavy (non-hydrogen) atoms. The Morgan fingerprint density at radius 1 is 1.20 bits per heavy atom. The summed E-state index contributed by atoms with van der Waals surface area (Å²) in [5.74, 6) is -0.594. The molecule has 0 amide bonds. The van der Waals surface area contributed by atoms with Gasteiger partial charge < -0.3 is 20.3 Å². The van der Waals surface area contributed by atoms with Crippen molar-refractivity contribution in [3.63, 3.8) is 0 Å². The first-order valence-electron chi connectivity index (χ1n) is 6.28. The molecule has 4 nitrogen and oxygen atoms in total. The minimum atomic E-state index is -0.447. The van der Waals surface area contributed by atoms with Gasteiger partial charge in [0.1, 0.15) is 0 Å². The Bertz CT molecular complexity index is 602. The third-order valence-corrected chi connectivity index (χ3v) is 2.81. The molecule has 2 aromatic carbocycles. The van der Waals surface area contributed by atoms with Crippen molar-refractivity contribution in [1.82, 2.24) is 0 Å². The van der Waals surface area contributed by atoms with Crippen molar-refractivity contribution in [3.8, 4) is 17.2 Å². The first kappa shape index (κ1) is 14.0. The van der Waals surface area contributed by atoms with Crippen molar-refractivity contribution in [2.45, 2.75) is 13.5 Å². The van der Waals surface area contributed by atoms with Gasteiger partial charge in [-0.15, -0.1) is 0 Å². The predicted octanol–water partition coefficient (Wildman–Crippen LogP) is 3.25. The monoisotopic (exact) mass is 277 g/mol. The average Bonchev–Trinajstić information content (AvgIpc) is 2.43. The molecule has 0 aliphatic carbocycles. The highest BCUT2D eigenvalue weighted by Crippen LogP contribution is 2.29. The van der Waals surface area contributed by atoms with Crippen LogP contribution < -0.4 is 10.1 Å². The van der Waals surface area contributed by atoms with Crippen molar-refractivity contribution in [2.75, 3.05) is 11.9 Å². The van der Waals surface area contributed by atoms with Gasteiger partial charge in [-0.1, -0.05) is 12.1 Å². The van der Waals surface area contributed by atoms with Crippen LogP contribution in [0.2, 0.25) is 0 Å². The van der Waals surface area contributed by atoms with Crippen LogP contribution in [0.1, 0.15) is 12.5 Å². The molecule has 0 unspecified atom stereocenters. The number of aromatic hydroxyl groups is 2. The fraction of sp³-hybridized carbons (Fsp3) is 0.200. The SMILES string of the molecule is CCOc1ccc(NCc2cccc(O)c2O)cc1F. The largest absolute Gasteiger partial charge is 0.504 e. The molecule has 106 valence electrons. The standard InChI is InChI=1S/C15H16FNO3/c1-2-20-14-7-6-11(8-12(14)16)17-9-10-4-3-5-13(18)15(10)19/h3-8,17-19H,2,9H2,1H3. The molecule has 0 heterocycles. The summed E-state index contributed by atoms with van der Waals surface area (Å²) in [6.45, 7) is 2.46. The van der Waals surface area contributed by atoms with Crippen LogP contribution >= 0.6 is 0 Å². The summed E-state index contributed by atoms with van der Waals surface area (Å²) in [6.07, 6.45) is 0. The van der Waals surface area contributed by atoms with Crippen LogP contribution in [-0.4, -0.2) is 16.8 Å². The number of nitrogens with one attached hydrogen (secondary N) is 1. The van der Waals surface area contributed by atoms with Gasteiger partial charge in [0.15, 0.2) is 23.1 Å². The highest BCUT2D eigenvalue weighted by molar-refractivity contribution is 5.50. The van der Waals surface area contributed by atoms with Crippen molar-refractivity contribution in [3.05, 3.63) is 47.8 Å². The molecule has 0 bridgehead atoms. The number of hydrogen-bond acceptors (Lipinski definition) is 4. The maximum atomic E-state index is 13.7. The fourth-order valence-corrected chi connectivity index (χ4v) is 1.80. The van der Waals surface area contributed by atoms with E-state index in [0.717, 1.165) is 0 Å². The predicted molar refractivity (Wildman–Crippen MR) is 74.7 cm³/mol. The summed E-state index contributed by atoms with van der Waals surface area (Å²) >= 11 is 0. The molecule has 0 atom stereocenters. The third kappa shape index (κ3) is 3.12. The van der Waals surface area contributed by atoms with Gasteiger partial charge in [-0.05, 0) is 25.1 Å². The molecule has 2 aromatic rings. The van der Waals surface area contributed by atoms with E-state index in [0.29, 0.717) is 17.9 Å². The molecule has 5 heteroatoms. The number of para-hydroxylation sites is 1. The lowest BCUT2D eigenvalue weighted by atomic mass is 10.2. The number of phenols is 2. The van der Waals surface area contributed by atoms with Crippen LogP contribution in [0.25, 0.3) is 0 Å². The molecule has 3 N–H and O–H groups in total. The van der Waals surface area contributed by atoms with Crippen LogP contribution in [0.15, 0.2) is 36.4 Å². The van der Waals surface area contributed by atoms with Gasteiger partial charge >= 0.3 is 0 Å². The van der Waals surface area contributed by atoms with Crippen LogP contribution in [-0.2, 0) is 6.54 Å². The molecule has 0 fully saturated rings. The number of anilines is 1. The maximum Gasteiger partial charge on any atom is 0.167 e. The van der Waals surface area contributed by atoms with E-state index in [1.807, 2.05) is 0 Å². The molecular weight excluding hydrogens is 261 g/mol. The second-order valence-corrected chi connectivity index (χ2v) is 4.22. The van der Waals surface area contributed by atoms with E-state index in [4.69, 9.17) is 4.74 Å². The zero-order valence-electron chi connectivity index (χ0n) is 11.1. The van der Waals surface area contributed by atoms with Gasteiger partial charge in [0.2, 0.25) is 0 Å². The highest BCUT2D eigenvalue weighted by atomic mass is 19.1. The van der Waals surface area contributed by atoms with E-state index in [-0.39, 0.29) is 23.8 Å². The lowest BCUT2D eigenvalue weighted by molar-refractivity contribution is 0.321. The molecule has 0 aliphatic heterocycles. The van der Waals surface area contributed by atoms with E-state index in [1.165, 1.54) is 12.1 Å². The smallest absolute Gasteiger partial charge is 0.167 e. The zero-order valence-corrected chi connectivity index (χ0v) is 11.1. The lowest BCUT2D eigenvalue weighted by Crippen LogP contribution is -2.01. The van der Waals surface area contributed by atoms with E-state index in [1.54, 1.807) is 31.2 Å². The number of rotatable bonds is 5. The molecule has 0 aliphatic rings. The Hall–Kier alpha value is -2.43. The van der Waals surface area contributed by atoms with Crippen LogP contribution in [0.3, 0.4) is 0 Å². The number of phenolic OH excluding ortho intramolecular Hbond substituents is 2. The molecule has 0 radical (unpaired) electrons. The summed E-state index contributed by atoms with van der Waals surface area (Å²) in [4.78, 5) is 0. The summed E-state index contributed by atoms with van der Waals surface area (Å²) in [6, 6.07) is 9.26. The van der Waals surface area contributed by atoms with Crippen molar-refractivity contribution in [2.24, 2.45) is 0 Å². The van der Waals surface area contributed by atoms with Gasteiger partial charge in [-0.3, -0.25) is 0 Å². The first-order chi connectivity index (χ1) is 9.61. The fourth-order valence-electron chi connectivity index (χ4n) is 1.80. The maximum absolute atomic E-state index is 13.7. The molecular formula is C15H16FNO3. The molecule has 0 spiro atoms. The lowest BCUT2D eigenvalue weighted by Gasteiger charge is -2.10. The Labute approximate surface area is 116 Å². The van der Waals surface area contributed by atoms with Crippen molar-refractivity contribution < 1.29 is 19.3 Å². The van der Waals surface area contributed by atoms with Crippen LogP contribution in [0.5, 0.6) is 17.2 Å². The van der Waals surface area contributed by atoms with E-state index in [2.05, 4.69) is 5.32 Å². The first-order valence-corrected chi connectivity index (χ1v) is 6.28. The van der Waals surface area contributed by atoms with Crippen LogP contribution in [0.4, 0.5) is 10.1 Å². The summed E-state index contributed by atoms with van der Waals surface area (Å²) in [5.41, 5.74) is 1.09. The Morgan fingerprint density at radius 3 is 2.70 bits per heavy atom. The van der Waals surface area contributed by atoms with E-state index >= 15 is 0 Å². The number of halogens is 1. The van der Waals surface area contributed by atoms with Gasteiger partial charge in [0.25, 0.3) is 0 Å². The zero-order chi connectivity index (χ0) is 14.5. The van der Waals surface area contributed by atoms with Gasteiger partial charge in [-0.2, -0.15) is 0 Å². The Kier molecular flexibility index (Phi) is 4.30. The summed E-state index contributed by atoms with van der Waals surface area (Å²) in [7, 11) is 0. The van der Waals surface area contributed by atoms with Crippen LogP contribution in [0, 0.1) is 5.82 Å². The minimum Gasteiger partial charge on any atom is -0.504 e.